The molecule has 2 heteroatoms. The van der Waals surface area contributed by atoms with Crippen molar-refractivity contribution in [3.05, 3.63) is 0 Å². The summed E-state index contributed by atoms with van der Waals surface area (Å²) in [6.07, 6.45) is 10.7. The van der Waals surface area contributed by atoms with Crippen molar-refractivity contribution in [3.8, 4) is 0 Å². The molecule has 2 N–H and O–H groups in total. The van der Waals surface area contributed by atoms with E-state index < -0.39 is 0 Å². The Hall–Kier alpha value is -0.0800. The summed E-state index contributed by atoms with van der Waals surface area (Å²) in [7, 11) is 0. The lowest BCUT2D eigenvalue weighted by Gasteiger charge is -2.36. The summed E-state index contributed by atoms with van der Waals surface area (Å²) >= 11 is 0. The van der Waals surface area contributed by atoms with Gasteiger partial charge in [0.2, 0.25) is 0 Å². The van der Waals surface area contributed by atoms with Gasteiger partial charge in [0, 0.05) is 24.7 Å². The Balaban J connectivity index is 1.76. The number of rotatable bonds is 6. The van der Waals surface area contributed by atoms with Crippen molar-refractivity contribution in [1.82, 2.24) is 4.90 Å². The highest BCUT2D eigenvalue weighted by atomic mass is 15.2. The molecule has 0 saturated heterocycles. The van der Waals surface area contributed by atoms with E-state index in [9.17, 15) is 0 Å². The van der Waals surface area contributed by atoms with Gasteiger partial charge in [-0.05, 0) is 51.9 Å². The Morgan fingerprint density at radius 1 is 1.18 bits per heavy atom. The predicted octanol–water partition coefficient (Wildman–Crippen LogP) is 3.16. The van der Waals surface area contributed by atoms with Gasteiger partial charge in [-0.3, -0.25) is 0 Å². The Labute approximate surface area is 107 Å². The number of hydrogen-bond donors (Lipinski definition) is 1. The number of hydrogen-bond acceptors (Lipinski definition) is 2. The van der Waals surface area contributed by atoms with Crippen LogP contribution >= 0.6 is 0 Å². The minimum atomic E-state index is 0.162. The number of nitrogens with two attached hydrogens (primary N) is 1. The Bertz CT molecular complexity index is 227. The fraction of sp³-hybridized carbons (Fsp3) is 1.00. The van der Waals surface area contributed by atoms with Gasteiger partial charge < -0.3 is 10.6 Å². The molecule has 100 valence electrons. The van der Waals surface area contributed by atoms with Crippen LogP contribution < -0.4 is 5.73 Å². The lowest BCUT2D eigenvalue weighted by Crippen LogP contribution is -2.46. The molecular formula is C15H30N2. The van der Waals surface area contributed by atoms with E-state index in [1.54, 1.807) is 0 Å². The first-order valence-corrected chi connectivity index (χ1v) is 7.62. The van der Waals surface area contributed by atoms with Gasteiger partial charge in [0.1, 0.15) is 0 Å². The van der Waals surface area contributed by atoms with Crippen molar-refractivity contribution in [3.63, 3.8) is 0 Å². The van der Waals surface area contributed by atoms with Gasteiger partial charge in [-0.25, -0.2) is 0 Å². The molecule has 2 aliphatic rings. The van der Waals surface area contributed by atoms with E-state index >= 15 is 0 Å². The van der Waals surface area contributed by atoms with Crippen molar-refractivity contribution < 1.29 is 0 Å². The smallest absolute Gasteiger partial charge is 0.0166 e. The van der Waals surface area contributed by atoms with Gasteiger partial charge in [-0.1, -0.05) is 19.3 Å². The van der Waals surface area contributed by atoms with Crippen LogP contribution in [0, 0.1) is 5.92 Å². The molecule has 0 radical (unpaired) electrons. The van der Waals surface area contributed by atoms with Crippen molar-refractivity contribution in [2.75, 3.05) is 13.1 Å². The highest BCUT2D eigenvalue weighted by Gasteiger charge is 2.30. The first-order valence-electron chi connectivity index (χ1n) is 7.62. The van der Waals surface area contributed by atoms with E-state index in [1.165, 1.54) is 64.5 Å². The minimum Gasteiger partial charge on any atom is -0.325 e. The van der Waals surface area contributed by atoms with Gasteiger partial charge in [-0.15, -0.1) is 0 Å². The molecule has 0 aliphatic heterocycles. The molecule has 0 aromatic carbocycles. The standard InChI is InChI=1S/C15H30N2/c1-13(2)17(12-14-6-7-14)11-10-15(16)8-4-3-5-9-15/h13-14H,3-12,16H2,1-2H3. The van der Waals surface area contributed by atoms with Gasteiger partial charge in [-0.2, -0.15) is 0 Å². The van der Waals surface area contributed by atoms with Crippen LogP contribution in [-0.4, -0.2) is 29.6 Å². The molecule has 2 aliphatic carbocycles. The monoisotopic (exact) mass is 238 g/mol. The van der Waals surface area contributed by atoms with E-state index in [2.05, 4.69) is 18.7 Å². The number of nitrogens with zero attached hydrogens (tertiary/aromatic N) is 1. The molecule has 0 heterocycles. The molecule has 0 spiro atoms. The average molecular weight is 238 g/mol. The second-order valence-electron chi connectivity index (χ2n) is 6.71. The zero-order valence-electron chi connectivity index (χ0n) is 11.8. The molecular weight excluding hydrogens is 208 g/mol. The topological polar surface area (TPSA) is 29.3 Å². The summed E-state index contributed by atoms with van der Waals surface area (Å²) < 4.78 is 0. The fourth-order valence-electron chi connectivity index (χ4n) is 3.06. The third-order valence-corrected chi connectivity index (χ3v) is 4.67. The van der Waals surface area contributed by atoms with Crippen molar-refractivity contribution in [2.45, 2.75) is 76.8 Å². The van der Waals surface area contributed by atoms with Crippen molar-refractivity contribution in [1.29, 1.82) is 0 Å². The normalized spacial score (nSPS) is 24.5. The van der Waals surface area contributed by atoms with Gasteiger partial charge in [0.15, 0.2) is 0 Å². The zero-order valence-corrected chi connectivity index (χ0v) is 11.8. The quantitative estimate of drug-likeness (QED) is 0.770. The van der Waals surface area contributed by atoms with E-state index in [4.69, 9.17) is 5.73 Å². The first-order chi connectivity index (χ1) is 8.09. The van der Waals surface area contributed by atoms with Crippen LogP contribution in [0.15, 0.2) is 0 Å². The maximum absolute atomic E-state index is 6.53. The molecule has 2 fully saturated rings. The molecule has 0 atom stereocenters. The molecule has 2 rings (SSSR count). The molecule has 2 saturated carbocycles. The average Bonchev–Trinajstić information content (AvgIpc) is 3.08. The maximum atomic E-state index is 6.53. The summed E-state index contributed by atoms with van der Waals surface area (Å²) in [4.78, 5) is 2.65. The van der Waals surface area contributed by atoms with Crippen molar-refractivity contribution >= 4 is 0 Å². The largest absolute Gasteiger partial charge is 0.325 e. The van der Waals surface area contributed by atoms with Crippen LogP contribution in [0.5, 0.6) is 0 Å². The first kappa shape index (κ1) is 13.4. The summed E-state index contributed by atoms with van der Waals surface area (Å²) in [5.74, 6) is 0.998. The summed E-state index contributed by atoms with van der Waals surface area (Å²) in [5.41, 5.74) is 6.69. The highest BCUT2D eigenvalue weighted by Crippen LogP contribution is 2.32. The molecule has 0 bridgehead atoms. The fourth-order valence-corrected chi connectivity index (χ4v) is 3.06. The van der Waals surface area contributed by atoms with Crippen LogP contribution in [0.1, 0.15) is 65.2 Å². The maximum Gasteiger partial charge on any atom is 0.0166 e. The Kier molecular flexibility index (Phi) is 4.48. The SMILES string of the molecule is CC(C)N(CCC1(N)CCCCC1)CC1CC1. The Morgan fingerprint density at radius 3 is 2.35 bits per heavy atom. The highest BCUT2D eigenvalue weighted by molar-refractivity contribution is 4.89. The van der Waals surface area contributed by atoms with Crippen LogP contribution in [0.4, 0.5) is 0 Å². The third-order valence-electron chi connectivity index (χ3n) is 4.67. The second-order valence-corrected chi connectivity index (χ2v) is 6.71. The second kappa shape index (κ2) is 5.71. The molecule has 2 nitrogen and oxygen atoms in total. The molecule has 0 aromatic rings. The molecule has 0 amide bonds. The summed E-state index contributed by atoms with van der Waals surface area (Å²) in [6, 6.07) is 0.683. The molecule has 0 aromatic heterocycles. The van der Waals surface area contributed by atoms with E-state index in [-0.39, 0.29) is 5.54 Å². The van der Waals surface area contributed by atoms with Crippen molar-refractivity contribution in [2.24, 2.45) is 11.7 Å². The molecule has 0 unspecified atom stereocenters. The zero-order chi connectivity index (χ0) is 12.3. The summed E-state index contributed by atoms with van der Waals surface area (Å²) in [6.45, 7) is 7.18. The van der Waals surface area contributed by atoms with Gasteiger partial charge in [0.05, 0.1) is 0 Å². The van der Waals surface area contributed by atoms with Crippen LogP contribution in [0.2, 0.25) is 0 Å². The Morgan fingerprint density at radius 2 is 1.82 bits per heavy atom. The van der Waals surface area contributed by atoms with Crippen LogP contribution in [0.25, 0.3) is 0 Å². The van der Waals surface area contributed by atoms with E-state index in [0.29, 0.717) is 6.04 Å². The third kappa shape index (κ3) is 4.26. The predicted molar refractivity (Wildman–Crippen MR) is 74.1 cm³/mol. The van der Waals surface area contributed by atoms with Gasteiger partial charge >= 0.3 is 0 Å². The van der Waals surface area contributed by atoms with Crippen LogP contribution in [0.3, 0.4) is 0 Å². The van der Waals surface area contributed by atoms with E-state index in [1.807, 2.05) is 0 Å². The minimum absolute atomic E-state index is 0.162. The van der Waals surface area contributed by atoms with Crippen LogP contribution in [-0.2, 0) is 0 Å². The van der Waals surface area contributed by atoms with Gasteiger partial charge in [0.25, 0.3) is 0 Å². The lowest BCUT2D eigenvalue weighted by molar-refractivity contribution is 0.172. The van der Waals surface area contributed by atoms with E-state index in [0.717, 1.165) is 5.92 Å². The molecule has 17 heavy (non-hydrogen) atoms. The lowest BCUT2D eigenvalue weighted by atomic mass is 9.80. The summed E-state index contributed by atoms with van der Waals surface area (Å²) in [5, 5.41) is 0.